The maximum atomic E-state index is 12.4. The van der Waals surface area contributed by atoms with E-state index in [9.17, 15) is 14.4 Å². The van der Waals surface area contributed by atoms with Crippen molar-refractivity contribution >= 4 is 34.1 Å². The first kappa shape index (κ1) is 20.4. The molecule has 1 aliphatic rings. The highest BCUT2D eigenvalue weighted by Gasteiger charge is 2.29. The number of fused-ring (bicyclic) bond motifs is 1. The van der Waals surface area contributed by atoms with E-state index < -0.39 is 5.97 Å². The summed E-state index contributed by atoms with van der Waals surface area (Å²) in [5.74, 6) is -0.172. The van der Waals surface area contributed by atoms with Gasteiger partial charge in [-0.15, -0.1) is 11.3 Å². The molecule has 8 heteroatoms. The number of carbonyl (C=O) groups excluding carboxylic acids is 3. The van der Waals surface area contributed by atoms with Gasteiger partial charge in [0.2, 0.25) is 11.8 Å². The van der Waals surface area contributed by atoms with Crippen molar-refractivity contribution in [3.63, 3.8) is 0 Å². The Balaban J connectivity index is 2.12. The lowest BCUT2D eigenvalue weighted by molar-refractivity contribution is -0.130. The molecule has 0 bridgehead atoms. The molecule has 1 N–H and O–H groups in total. The van der Waals surface area contributed by atoms with Crippen LogP contribution in [0.4, 0.5) is 5.00 Å². The maximum absolute atomic E-state index is 12.4. The summed E-state index contributed by atoms with van der Waals surface area (Å²) in [7, 11) is 6.42. The molecule has 2 amide bonds. The first-order valence-corrected chi connectivity index (χ1v) is 9.46. The van der Waals surface area contributed by atoms with E-state index in [1.54, 1.807) is 26.0 Å². The lowest BCUT2D eigenvalue weighted by Crippen LogP contribution is -2.38. The SMILES string of the molecule is COC(=O)c1c(NC(=O)CN(C)CC(=O)N(C)C)sc2c1CC[C@@H](C)C2. The number of nitrogens with one attached hydrogen (secondary N) is 1. The van der Waals surface area contributed by atoms with Crippen LogP contribution in [0.25, 0.3) is 0 Å². The Labute approximate surface area is 158 Å². The monoisotopic (exact) mass is 381 g/mol. The number of anilines is 1. The largest absolute Gasteiger partial charge is 0.465 e. The Bertz CT molecular complexity index is 699. The molecule has 0 spiro atoms. The summed E-state index contributed by atoms with van der Waals surface area (Å²) < 4.78 is 4.93. The van der Waals surface area contributed by atoms with E-state index in [1.807, 2.05) is 0 Å². The van der Waals surface area contributed by atoms with Crippen molar-refractivity contribution in [2.75, 3.05) is 46.7 Å². The normalized spacial score (nSPS) is 16.2. The number of nitrogens with zero attached hydrogens (tertiary/aromatic N) is 2. The highest BCUT2D eigenvalue weighted by molar-refractivity contribution is 7.17. The Hall–Kier alpha value is -1.93. The minimum atomic E-state index is -0.413. The summed E-state index contributed by atoms with van der Waals surface area (Å²) in [5, 5.41) is 3.39. The summed E-state index contributed by atoms with van der Waals surface area (Å²) in [6.45, 7) is 2.41. The molecule has 0 unspecified atom stereocenters. The number of hydrogen-bond donors (Lipinski definition) is 1. The molecule has 1 aliphatic carbocycles. The van der Waals surface area contributed by atoms with Crippen molar-refractivity contribution in [3.05, 3.63) is 16.0 Å². The maximum Gasteiger partial charge on any atom is 0.341 e. The van der Waals surface area contributed by atoms with Gasteiger partial charge in [0, 0.05) is 19.0 Å². The van der Waals surface area contributed by atoms with Crippen molar-refractivity contribution in [2.45, 2.75) is 26.2 Å². The second kappa shape index (κ2) is 8.64. The summed E-state index contributed by atoms with van der Waals surface area (Å²) in [4.78, 5) is 40.6. The van der Waals surface area contributed by atoms with Gasteiger partial charge in [-0.2, -0.15) is 0 Å². The van der Waals surface area contributed by atoms with E-state index in [0.29, 0.717) is 16.5 Å². The molecule has 1 aromatic heterocycles. The smallest absolute Gasteiger partial charge is 0.341 e. The van der Waals surface area contributed by atoms with E-state index in [4.69, 9.17) is 4.74 Å². The quantitative estimate of drug-likeness (QED) is 0.758. The first-order chi connectivity index (χ1) is 12.2. The van der Waals surface area contributed by atoms with Gasteiger partial charge in [0.05, 0.1) is 25.8 Å². The predicted octanol–water partition coefficient (Wildman–Crippen LogP) is 1.62. The van der Waals surface area contributed by atoms with Crippen molar-refractivity contribution in [2.24, 2.45) is 5.92 Å². The topological polar surface area (TPSA) is 79.0 Å². The Kier molecular flexibility index (Phi) is 6.77. The first-order valence-electron chi connectivity index (χ1n) is 8.64. The van der Waals surface area contributed by atoms with Crippen LogP contribution < -0.4 is 5.32 Å². The summed E-state index contributed by atoms with van der Waals surface area (Å²) in [6, 6.07) is 0. The molecule has 0 saturated carbocycles. The Morgan fingerprint density at radius 3 is 2.54 bits per heavy atom. The van der Waals surface area contributed by atoms with Gasteiger partial charge in [0.15, 0.2) is 0 Å². The molecule has 7 nitrogen and oxygen atoms in total. The third-order valence-corrected chi connectivity index (χ3v) is 5.64. The second-order valence-corrected chi connectivity index (χ2v) is 8.16. The number of esters is 1. The third-order valence-electron chi connectivity index (χ3n) is 4.47. The van der Waals surface area contributed by atoms with Gasteiger partial charge in [-0.3, -0.25) is 14.5 Å². The number of carbonyl (C=O) groups is 3. The van der Waals surface area contributed by atoms with Crippen LogP contribution in [-0.4, -0.2) is 68.9 Å². The van der Waals surface area contributed by atoms with Gasteiger partial charge in [-0.05, 0) is 37.8 Å². The van der Waals surface area contributed by atoms with E-state index in [-0.39, 0.29) is 24.9 Å². The van der Waals surface area contributed by atoms with Crippen LogP contribution in [0.1, 0.15) is 34.1 Å². The van der Waals surface area contributed by atoms with Crippen LogP contribution in [0.5, 0.6) is 0 Å². The molecule has 0 radical (unpaired) electrons. The van der Waals surface area contributed by atoms with Gasteiger partial charge < -0.3 is 15.0 Å². The van der Waals surface area contributed by atoms with Crippen molar-refractivity contribution in [3.8, 4) is 0 Å². The standard InChI is InChI=1S/C18H27N3O4S/c1-11-6-7-12-13(8-11)26-17(16(12)18(24)25-5)19-14(22)9-21(4)10-15(23)20(2)3/h11H,6-10H2,1-5H3,(H,19,22)/t11-/m1/s1. The number of amides is 2. The van der Waals surface area contributed by atoms with E-state index in [2.05, 4.69) is 12.2 Å². The fourth-order valence-corrected chi connectivity index (χ4v) is 4.41. The molecule has 1 aromatic rings. The summed E-state index contributed by atoms with van der Waals surface area (Å²) in [5.41, 5.74) is 1.49. The Morgan fingerprint density at radius 2 is 1.92 bits per heavy atom. The molecule has 1 heterocycles. The molecule has 144 valence electrons. The molecular weight excluding hydrogens is 354 g/mol. The number of hydrogen-bond acceptors (Lipinski definition) is 6. The zero-order valence-electron chi connectivity index (χ0n) is 16.0. The minimum Gasteiger partial charge on any atom is -0.465 e. The number of likely N-dealkylation sites (N-methyl/N-ethyl adjacent to an activating group) is 2. The lowest BCUT2D eigenvalue weighted by Gasteiger charge is -2.18. The third kappa shape index (κ3) is 4.82. The molecule has 0 saturated heterocycles. The summed E-state index contributed by atoms with van der Waals surface area (Å²) >= 11 is 1.46. The lowest BCUT2D eigenvalue weighted by atomic mass is 9.88. The van der Waals surface area contributed by atoms with Gasteiger partial charge in [0.1, 0.15) is 5.00 Å². The van der Waals surface area contributed by atoms with Crippen LogP contribution in [0.2, 0.25) is 0 Å². The van der Waals surface area contributed by atoms with E-state index >= 15 is 0 Å². The number of ether oxygens (including phenoxy) is 1. The van der Waals surface area contributed by atoms with Crippen LogP contribution in [0.3, 0.4) is 0 Å². The van der Waals surface area contributed by atoms with Gasteiger partial charge in [-0.1, -0.05) is 6.92 Å². The summed E-state index contributed by atoms with van der Waals surface area (Å²) in [6.07, 6.45) is 2.76. The van der Waals surface area contributed by atoms with Crippen LogP contribution in [0, 0.1) is 5.92 Å². The van der Waals surface area contributed by atoms with Crippen LogP contribution in [-0.2, 0) is 27.2 Å². The fourth-order valence-electron chi connectivity index (χ4n) is 3.00. The second-order valence-electron chi connectivity index (χ2n) is 7.06. The highest BCUT2D eigenvalue weighted by Crippen LogP contribution is 2.39. The predicted molar refractivity (Wildman–Crippen MR) is 102 cm³/mol. The number of thiophene rings is 1. The average molecular weight is 381 g/mol. The molecular formula is C18H27N3O4S. The number of rotatable bonds is 6. The molecule has 0 aromatic carbocycles. The highest BCUT2D eigenvalue weighted by atomic mass is 32.1. The van der Waals surface area contributed by atoms with E-state index in [0.717, 1.165) is 29.7 Å². The molecule has 26 heavy (non-hydrogen) atoms. The molecule has 0 fully saturated rings. The molecule has 1 atom stereocenters. The fraction of sp³-hybridized carbons (Fsp3) is 0.611. The average Bonchev–Trinajstić information content (AvgIpc) is 2.90. The Morgan fingerprint density at radius 1 is 1.23 bits per heavy atom. The zero-order valence-corrected chi connectivity index (χ0v) is 16.9. The van der Waals surface area contributed by atoms with Gasteiger partial charge in [-0.25, -0.2) is 4.79 Å². The molecule has 0 aliphatic heterocycles. The van der Waals surface area contributed by atoms with Crippen molar-refractivity contribution < 1.29 is 19.1 Å². The molecule has 2 rings (SSSR count). The minimum absolute atomic E-state index is 0.0686. The van der Waals surface area contributed by atoms with Crippen molar-refractivity contribution in [1.29, 1.82) is 0 Å². The van der Waals surface area contributed by atoms with Crippen LogP contribution >= 0.6 is 11.3 Å². The number of methoxy groups -OCH3 is 1. The van der Waals surface area contributed by atoms with E-state index in [1.165, 1.54) is 23.3 Å². The zero-order chi connectivity index (χ0) is 19.4. The van der Waals surface area contributed by atoms with Crippen molar-refractivity contribution in [1.82, 2.24) is 9.80 Å². The van der Waals surface area contributed by atoms with Gasteiger partial charge in [0.25, 0.3) is 0 Å². The van der Waals surface area contributed by atoms with Crippen LogP contribution in [0.15, 0.2) is 0 Å². The van der Waals surface area contributed by atoms with Gasteiger partial charge >= 0.3 is 5.97 Å².